The number of hydrogen-bond donors (Lipinski definition) is 1. The van der Waals surface area contributed by atoms with Crippen molar-refractivity contribution < 1.29 is 9.90 Å². The lowest BCUT2D eigenvalue weighted by Gasteiger charge is -2.17. The van der Waals surface area contributed by atoms with Crippen molar-refractivity contribution in [3.63, 3.8) is 0 Å². The highest BCUT2D eigenvalue weighted by Gasteiger charge is 2.15. The van der Waals surface area contributed by atoms with Gasteiger partial charge in [0.2, 0.25) is 0 Å². The smallest absolute Gasteiger partial charge is 0.303 e. The number of aryl methyl sites for hydroxylation is 1. The first-order chi connectivity index (χ1) is 12.0. The predicted molar refractivity (Wildman–Crippen MR) is 105 cm³/mol. The van der Waals surface area contributed by atoms with Crippen LogP contribution in [0.25, 0.3) is 16.9 Å². The second-order valence-electron chi connectivity index (χ2n) is 5.83. The zero-order valence-electron chi connectivity index (χ0n) is 13.7. The van der Waals surface area contributed by atoms with Gasteiger partial charge < -0.3 is 9.67 Å². The van der Waals surface area contributed by atoms with E-state index in [4.69, 9.17) is 16.7 Å². The Hall–Kier alpha value is -2.04. The Bertz CT molecular complexity index is 916. The average Bonchev–Trinajstić information content (AvgIpc) is 3.00. The molecule has 0 amide bonds. The molecule has 3 nitrogen and oxygen atoms in total. The molecule has 0 aliphatic carbocycles. The van der Waals surface area contributed by atoms with Crippen LogP contribution in [-0.2, 0) is 11.2 Å². The quantitative estimate of drug-likeness (QED) is 0.561. The highest BCUT2D eigenvalue weighted by Crippen LogP contribution is 2.31. The zero-order chi connectivity index (χ0) is 18.0. The average molecular weight is 419 g/mol. The molecule has 0 atom stereocenters. The Labute approximate surface area is 160 Å². The molecule has 0 unspecified atom stereocenters. The van der Waals surface area contributed by atoms with Gasteiger partial charge in [0.25, 0.3) is 0 Å². The fourth-order valence-electron chi connectivity index (χ4n) is 2.88. The SMILES string of the molecule is Cc1c(Cl)cccc1-n1c(CCC(=O)O)ccc1-c1ccc(Br)cc1. The third-order valence-electron chi connectivity index (χ3n) is 4.18. The molecule has 3 rings (SSSR count). The van der Waals surface area contributed by atoms with Crippen molar-refractivity contribution in [1.82, 2.24) is 4.57 Å². The summed E-state index contributed by atoms with van der Waals surface area (Å²) in [6, 6.07) is 17.9. The Morgan fingerprint density at radius 3 is 2.52 bits per heavy atom. The highest BCUT2D eigenvalue weighted by molar-refractivity contribution is 9.10. The number of nitrogens with zero attached hydrogens (tertiary/aromatic N) is 1. The van der Waals surface area contributed by atoms with E-state index < -0.39 is 5.97 Å². The lowest BCUT2D eigenvalue weighted by molar-refractivity contribution is -0.136. The van der Waals surface area contributed by atoms with Gasteiger partial charge in [-0.25, -0.2) is 0 Å². The number of carboxylic acid groups (broad SMARTS) is 1. The summed E-state index contributed by atoms with van der Waals surface area (Å²) >= 11 is 9.78. The van der Waals surface area contributed by atoms with Crippen molar-refractivity contribution in [1.29, 1.82) is 0 Å². The summed E-state index contributed by atoms with van der Waals surface area (Å²) in [7, 11) is 0. The Morgan fingerprint density at radius 1 is 1.12 bits per heavy atom. The number of halogens is 2. The van der Waals surface area contributed by atoms with Crippen molar-refractivity contribution in [2.45, 2.75) is 19.8 Å². The summed E-state index contributed by atoms with van der Waals surface area (Å²) in [6.45, 7) is 1.98. The molecule has 128 valence electrons. The fourth-order valence-corrected chi connectivity index (χ4v) is 3.31. The van der Waals surface area contributed by atoms with Gasteiger partial charge in [0.15, 0.2) is 0 Å². The Morgan fingerprint density at radius 2 is 1.84 bits per heavy atom. The first-order valence-corrected chi connectivity index (χ1v) is 9.08. The molecule has 0 radical (unpaired) electrons. The van der Waals surface area contributed by atoms with E-state index in [2.05, 4.69) is 20.5 Å². The highest BCUT2D eigenvalue weighted by atomic mass is 79.9. The van der Waals surface area contributed by atoms with Gasteiger partial charge in [0.1, 0.15) is 0 Å². The molecule has 0 aliphatic rings. The normalized spacial score (nSPS) is 10.8. The van der Waals surface area contributed by atoms with Crippen LogP contribution in [0.1, 0.15) is 17.7 Å². The molecule has 3 aromatic rings. The summed E-state index contributed by atoms with van der Waals surface area (Å²) in [5.74, 6) is -0.805. The maximum Gasteiger partial charge on any atom is 0.303 e. The van der Waals surface area contributed by atoms with E-state index in [-0.39, 0.29) is 6.42 Å². The van der Waals surface area contributed by atoms with E-state index in [0.29, 0.717) is 11.4 Å². The van der Waals surface area contributed by atoms with Crippen LogP contribution < -0.4 is 0 Å². The van der Waals surface area contributed by atoms with Gasteiger partial charge in [-0.05, 0) is 60.9 Å². The van der Waals surface area contributed by atoms with Crippen LogP contribution in [-0.4, -0.2) is 15.6 Å². The number of carbonyl (C=O) groups is 1. The van der Waals surface area contributed by atoms with E-state index in [1.54, 1.807) is 0 Å². The van der Waals surface area contributed by atoms with E-state index >= 15 is 0 Å². The first-order valence-electron chi connectivity index (χ1n) is 7.91. The number of hydrogen-bond acceptors (Lipinski definition) is 1. The number of benzene rings is 2. The Kier molecular flexibility index (Phi) is 5.30. The standard InChI is InChI=1S/C20H17BrClNO2/c1-13-17(22)3-2-4-18(13)23-16(10-12-20(24)25)9-11-19(23)14-5-7-15(21)8-6-14/h2-9,11H,10,12H2,1H3,(H,24,25). The molecule has 5 heteroatoms. The van der Waals surface area contributed by atoms with E-state index in [1.807, 2.05) is 61.5 Å². The van der Waals surface area contributed by atoms with Crippen LogP contribution in [0.15, 0.2) is 59.1 Å². The van der Waals surface area contributed by atoms with Gasteiger partial charge in [-0.15, -0.1) is 0 Å². The monoisotopic (exact) mass is 417 g/mol. The van der Waals surface area contributed by atoms with Crippen LogP contribution in [0.3, 0.4) is 0 Å². The largest absolute Gasteiger partial charge is 0.481 e. The molecule has 0 spiro atoms. The topological polar surface area (TPSA) is 42.2 Å². The molecule has 0 saturated carbocycles. The molecule has 0 fully saturated rings. The third kappa shape index (κ3) is 3.80. The second-order valence-corrected chi connectivity index (χ2v) is 7.15. The minimum atomic E-state index is -0.805. The van der Waals surface area contributed by atoms with Crippen molar-refractivity contribution in [3.8, 4) is 16.9 Å². The molecule has 0 saturated heterocycles. The van der Waals surface area contributed by atoms with E-state index in [0.717, 1.165) is 32.7 Å². The fraction of sp³-hybridized carbons (Fsp3) is 0.150. The van der Waals surface area contributed by atoms with Crippen molar-refractivity contribution >= 4 is 33.5 Å². The van der Waals surface area contributed by atoms with Crippen molar-refractivity contribution in [2.75, 3.05) is 0 Å². The van der Waals surface area contributed by atoms with Gasteiger partial charge in [-0.1, -0.05) is 45.7 Å². The zero-order valence-corrected chi connectivity index (χ0v) is 16.0. The van der Waals surface area contributed by atoms with Crippen LogP contribution in [0, 0.1) is 6.92 Å². The third-order valence-corrected chi connectivity index (χ3v) is 5.11. The first kappa shape index (κ1) is 17.8. The number of rotatable bonds is 5. The minimum Gasteiger partial charge on any atom is -0.481 e. The maximum absolute atomic E-state index is 11.0. The number of aromatic nitrogens is 1. The molecule has 1 heterocycles. The molecule has 2 aromatic carbocycles. The molecule has 1 N–H and O–H groups in total. The van der Waals surface area contributed by atoms with Crippen molar-refractivity contribution in [2.24, 2.45) is 0 Å². The number of aliphatic carboxylic acids is 1. The van der Waals surface area contributed by atoms with Gasteiger partial charge in [0.05, 0.1) is 17.8 Å². The van der Waals surface area contributed by atoms with Gasteiger partial charge >= 0.3 is 5.97 Å². The van der Waals surface area contributed by atoms with Crippen LogP contribution in [0.4, 0.5) is 0 Å². The predicted octanol–water partition coefficient (Wildman–Crippen LogP) is 5.89. The van der Waals surface area contributed by atoms with Crippen LogP contribution in [0.2, 0.25) is 5.02 Å². The molecule has 1 aromatic heterocycles. The summed E-state index contributed by atoms with van der Waals surface area (Å²) in [5.41, 5.74) is 4.96. The summed E-state index contributed by atoms with van der Waals surface area (Å²) in [4.78, 5) is 11.0. The van der Waals surface area contributed by atoms with Gasteiger partial charge in [-0.2, -0.15) is 0 Å². The minimum absolute atomic E-state index is 0.0867. The van der Waals surface area contributed by atoms with Crippen LogP contribution >= 0.6 is 27.5 Å². The second kappa shape index (κ2) is 7.46. The summed E-state index contributed by atoms with van der Waals surface area (Å²) < 4.78 is 3.12. The van der Waals surface area contributed by atoms with Gasteiger partial charge in [-0.3, -0.25) is 4.79 Å². The summed E-state index contributed by atoms with van der Waals surface area (Å²) in [6.07, 6.45) is 0.543. The molecule has 0 aliphatic heterocycles. The molecular weight excluding hydrogens is 402 g/mol. The summed E-state index contributed by atoms with van der Waals surface area (Å²) in [5, 5.41) is 9.75. The van der Waals surface area contributed by atoms with Crippen molar-refractivity contribution in [3.05, 3.63) is 75.4 Å². The lowest BCUT2D eigenvalue weighted by Crippen LogP contribution is -2.06. The van der Waals surface area contributed by atoms with Crippen LogP contribution in [0.5, 0.6) is 0 Å². The Balaban J connectivity index is 2.17. The molecular formula is C20H17BrClNO2. The maximum atomic E-state index is 11.0. The van der Waals surface area contributed by atoms with Gasteiger partial charge in [0, 0.05) is 15.2 Å². The molecule has 0 bridgehead atoms. The lowest BCUT2D eigenvalue weighted by atomic mass is 10.1. The number of carboxylic acids is 1. The molecule has 25 heavy (non-hydrogen) atoms. The van der Waals surface area contributed by atoms with E-state index in [9.17, 15) is 4.79 Å². The van der Waals surface area contributed by atoms with E-state index in [1.165, 1.54) is 0 Å².